The summed E-state index contributed by atoms with van der Waals surface area (Å²) < 4.78 is 44.2. The molecule has 0 aliphatic carbocycles. The predicted octanol–water partition coefficient (Wildman–Crippen LogP) is 6.70. The smallest absolute Gasteiger partial charge is 0.326 e. The summed E-state index contributed by atoms with van der Waals surface area (Å²) in [6.07, 6.45) is 0. The predicted molar refractivity (Wildman–Crippen MR) is 170 cm³/mol. The van der Waals surface area contributed by atoms with Crippen molar-refractivity contribution in [2.75, 3.05) is 22.2 Å². The number of nitrogens with zero attached hydrogens (tertiary/aromatic N) is 1. The van der Waals surface area contributed by atoms with Crippen LogP contribution in [0.5, 0.6) is 11.5 Å². The molecule has 0 spiro atoms. The van der Waals surface area contributed by atoms with E-state index in [9.17, 15) is 13.2 Å². The lowest BCUT2D eigenvalue weighted by atomic mass is 10.2. The number of hydrogen-bond donors (Lipinski definition) is 1. The Morgan fingerprint density at radius 2 is 1.10 bits per heavy atom. The highest BCUT2D eigenvalue weighted by molar-refractivity contribution is 7.82. The second-order valence-electron chi connectivity index (χ2n) is 9.39. The van der Waals surface area contributed by atoms with Crippen molar-refractivity contribution < 1.29 is 26.3 Å². The van der Waals surface area contributed by atoms with Crippen LogP contribution >= 0.6 is 0 Å². The molecule has 0 radical (unpaired) electrons. The monoisotopic (exact) mass is 608 g/mol. The van der Waals surface area contributed by atoms with Gasteiger partial charge in [0.15, 0.2) is 0 Å². The average Bonchev–Trinajstić information content (AvgIpc) is 2.96. The van der Waals surface area contributed by atoms with Gasteiger partial charge in [-0.05, 0) is 83.1 Å². The number of esters is 1. The number of hydrogen-bond acceptors (Lipinski definition) is 6. The number of nitrogens with one attached hydrogen (secondary N) is 1. The largest absolute Gasteiger partial charge is 0.465 e. The number of carbonyl (C=O) groups is 1. The van der Waals surface area contributed by atoms with Crippen LogP contribution in [-0.4, -0.2) is 27.5 Å². The van der Waals surface area contributed by atoms with Crippen LogP contribution in [0.2, 0.25) is 0 Å². The number of benzene rings is 4. The molecule has 2 unspecified atom stereocenters. The molecular formula is C32H36N2O6S2. The molecule has 4 rings (SSSR count). The molecular weight excluding hydrogens is 572 g/mol. The lowest BCUT2D eigenvalue weighted by Gasteiger charge is -2.21. The van der Waals surface area contributed by atoms with E-state index < -0.39 is 28.5 Å². The lowest BCUT2D eigenvalue weighted by molar-refractivity contribution is -0.141. The zero-order chi connectivity index (χ0) is 30.5. The van der Waals surface area contributed by atoms with E-state index >= 15 is 0 Å². The fourth-order valence-electron chi connectivity index (χ4n) is 3.41. The van der Waals surface area contributed by atoms with Crippen molar-refractivity contribution >= 4 is 39.9 Å². The zero-order valence-electron chi connectivity index (χ0n) is 24.4. The molecule has 10 heteroatoms. The van der Waals surface area contributed by atoms with Gasteiger partial charge in [-0.3, -0.25) is 9.52 Å². The van der Waals surface area contributed by atoms with Crippen molar-refractivity contribution in [3.8, 4) is 11.5 Å². The fourth-order valence-corrected chi connectivity index (χ4v) is 4.93. The van der Waals surface area contributed by atoms with Crippen LogP contribution in [0.3, 0.4) is 0 Å². The molecule has 0 heterocycles. The molecule has 0 saturated heterocycles. The summed E-state index contributed by atoms with van der Waals surface area (Å²) in [5.74, 6) is 0.595. The van der Waals surface area contributed by atoms with E-state index in [1.165, 1.54) is 4.31 Å². The maximum Gasteiger partial charge on any atom is 0.326 e. The Labute approximate surface area is 253 Å². The van der Waals surface area contributed by atoms with Gasteiger partial charge in [0.25, 0.3) is 0 Å². The van der Waals surface area contributed by atoms with Crippen molar-refractivity contribution in [1.29, 1.82) is 0 Å². The second kappa shape index (κ2) is 16.3. The maximum atomic E-state index is 12.6. The van der Waals surface area contributed by atoms with Crippen LogP contribution in [0.4, 0.5) is 11.4 Å². The van der Waals surface area contributed by atoms with E-state index in [0.717, 1.165) is 27.9 Å². The molecule has 0 saturated carbocycles. The third-order valence-electron chi connectivity index (χ3n) is 5.71. The van der Waals surface area contributed by atoms with Crippen molar-refractivity contribution in [2.45, 2.75) is 34.6 Å². The highest BCUT2D eigenvalue weighted by Crippen LogP contribution is 2.21. The highest BCUT2D eigenvalue weighted by Gasteiger charge is 2.21. The number of ether oxygens (including phenoxy) is 1. The Morgan fingerprint density at radius 1 is 0.667 bits per heavy atom. The molecule has 1 N–H and O–H groups in total. The molecule has 0 fully saturated rings. The van der Waals surface area contributed by atoms with Gasteiger partial charge >= 0.3 is 28.5 Å². The van der Waals surface area contributed by atoms with Gasteiger partial charge < -0.3 is 13.1 Å². The van der Waals surface area contributed by atoms with Crippen LogP contribution in [0, 0.1) is 27.7 Å². The molecule has 0 bridgehead atoms. The first kappa shape index (κ1) is 32.4. The molecule has 0 amide bonds. The number of rotatable bonds is 11. The molecule has 0 aliphatic heterocycles. The second-order valence-corrected chi connectivity index (χ2v) is 11.3. The standard InChI is InChI=1S/C18H21NO4S.C14H15NO2S/c1-4-22-18(20)13-19(16-9-5-14(2)6-10-16)24(21)23-17-11-7-15(3)8-12-17;1-11-3-7-13(8-4-11)15-18(16)17-14-9-5-12(2)6-10-14/h5-12H,4,13H2,1-3H3;3-10,15H,1-2H3. The lowest BCUT2D eigenvalue weighted by Crippen LogP contribution is -2.35. The summed E-state index contributed by atoms with van der Waals surface area (Å²) in [5.41, 5.74) is 5.84. The van der Waals surface area contributed by atoms with Crippen LogP contribution in [0.1, 0.15) is 29.2 Å². The maximum absolute atomic E-state index is 12.6. The quantitative estimate of drug-likeness (QED) is 0.190. The van der Waals surface area contributed by atoms with Crippen LogP contribution in [0.25, 0.3) is 0 Å². The molecule has 222 valence electrons. The van der Waals surface area contributed by atoms with Gasteiger partial charge in [-0.2, -0.15) is 8.42 Å². The van der Waals surface area contributed by atoms with Crippen LogP contribution in [-0.2, 0) is 32.1 Å². The van der Waals surface area contributed by atoms with Gasteiger partial charge in [-0.15, -0.1) is 0 Å². The molecule has 2 atom stereocenters. The minimum absolute atomic E-state index is 0.157. The Hall–Kier alpha value is -4.15. The van der Waals surface area contributed by atoms with Gasteiger partial charge in [0.2, 0.25) is 0 Å². The van der Waals surface area contributed by atoms with Crippen LogP contribution < -0.4 is 17.4 Å². The molecule has 4 aromatic rings. The summed E-state index contributed by atoms with van der Waals surface area (Å²) in [5, 5.41) is 0. The minimum Gasteiger partial charge on any atom is -0.465 e. The Morgan fingerprint density at radius 3 is 1.57 bits per heavy atom. The number of carbonyl (C=O) groups excluding carboxylic acids is 1. The van der Waals surface area contributed by atoms with Crippen molar-refractivity contribution in [2.24, 2.45) is 0 Å². The Balaban J connectivity index is 0.000000240. The van der Waals surface area contributed by atoms with E-state index in [1.54, 1.807) is 43.3 Å². The first-order valence-corrected chi connectivity index (χ1v) is 15.4. The van der Waals surface area contributed by atoms with E-state index in [1.807, 2.05) is 88.4 Å². The van der Waals surface area contributed by atoms with Gasteiger partial charge in [-0.25, -0.2) is 4.31 Å². The third kappa shape index (κ3) is 11.0. The molecule has 0 aromatic heterocycles. The zero-order valence-corrected chi connectivity index (χ0v) is 26.0. The normalized spacial score (nSPS) is 11.7. The molecule has 42 heavy (non-hydrogen) atoms. The van der Waals surface area contributed by atoms with Gasteiger partial charge in [0.1, 0.15) is 18.0 Å². The first-order valence-electron chi connectivity index (χ1n) is 13.3. The highest BCUT2D eigenvalue weighted by atomic mass is 32.2. The molecule has 4 aromatic carbocycles. The van der Waals surface area contributed by atoms with Gasteiger partial charge in [0, 0.05) is 5.69 Å². The van der Waals surface area contributed by atoms with Crippen LogP contribution in [0.15, 0.2) is 97.1 Å². The van der Waals surface area contributed by atoms with Crippen molar-refractivity contribution in [3.05, 3.63) is 119 Å². The van der Waals surface area contributed by atoms with Gasteiger partial charge in [0.05, 0.1) is 12.3 Å². The van der Waals surface area contributed by atoms with Gasteiger partial charge in [-0.1, -0.05) is 70.8 Å². The number of anilines is 2. The summed E-state index contributed by atoms with van der Waals surface area (Å²) in [4.78, 5) is 11.8. The van der Waals surface area contributed by atoms with E-state index in [-0.39, 0.29) is 13.2 Å². The summed E-state index contributed by atoms with van der Waals surface area (Å²) in [7, 11) is 0. The summed E-state index contributed by atoms with van der Waals surface area (Å²) in [6.45, 7) is 9.75. The third-order valence-corrected chi connectivity index (χ3v) is 7.50. The summed E-state index contributed by atoms with van der Waals surface area (Å²) >= 11 is -3.45. The minimum atomic E-state index is -1.86. The first-order chi connectivity index (χ1) is 20.1. The fraction of sp³-hybridized carbons (Fsp3) is 0.219. The topological polar surface area (TPSA) is 94.2 Å². The summed E-state index contributed by atoms with van der Waals surface area (Å²) in [6, 6.07) is 29.6. The van der Waals surface area contributed by atoms with E-state index in [2.05, 4.69) is 4.72 Å². The average molecular weight is 609 g/mol. The van der Waals surface area contributed by atoms with Crippen molar-refractivity contribution in [1.82, 2.24) is 0 Å². The molecule has 8 nitrogen and oxygen atoms in total. The SMILES string of the molecule is CCOC(=O)CN(c1ccc(C)cc1)S(=O)Oc1ccc(C)cc1.Cc1ccc(NS(=O)Oc2ccc(C)cc2)cc1. The van der Waals surface area contributed by atoms with E-state index in [0.29, 0.717) is 17.2 Å². The van der Waals surface area contributed by atoms with E-state index in [4.69, 9.17) is 13.1 Å². The number of aryl methyl sites for hydroxylation is 4. The Kier molecular flexibility index (Phi) is 12.6. The van der Waals surface area contributed by atoms with Crippen molar-refractivity contribution in [3.63, 3.8) is 0 Å². The Bertz CT molecular complexity index is 1410. The molecule has 0 aliphatic rings.